The van der Waals surface area contributed by atoms with E-state index in [2.05, 4.69) is 30.4 Å². The van der Waals surface area contributed by atoms with Gasteiger partial charge in [-0.2, -0.15) is 0 Å². The van der Waals surface area contributed by atoms with Gasteiger partial charge in [-0.3, -0.25) is 0 Å². The standard InChI is InChI=1S/C14H29NO2SSi/c1-14(2,3)18(16,17)15-13-10-8-7-9-12(13)11-19(4,5)6/h9,13,15H,7-8,10-11H2,1-6H3. The first-order valence-electron chi connectivity index (χ1n) is 7.13. The Hall–Kier alpha value is -0.133. The molecule has 1 rings (SSSR count). The third-order valence-corrected chi connectivity index (χ3v) is 7.07. The van der Waals surface area contributed by atoms with Crippen molar-refractivity contribution >= 4 is 18.1 Å². The fourth-order valence-electron chi connectivity index (χ4n) is 2.24. The van der Waals surface area contributed by atoms with Crippen molar-refractivity contribution in [1.82, 2.24) is 4.72 Å². The highest BCUT2D eigenvalue weighted by Crippen LogP contribution is 2.28. The Balaban J connectivity index is 2.87. The zero-order valence-corrected chi connectivity index (χ0v) is 15.0. The normalized spacial score (nSPS) is 22.2. The van der Waals surface area contributed by atoms with Crippen LogP contribution in [0.15, 0.2) is 11.6 Å². The molecule has 0 heterocycles. The lowest BCUT2D eigenvalue weighted by molar-refractivity contribution is 0.511. The van der Waals surface area contributed by atoms with Crippen molar-refractivity contribution in [1.29, 1.82) is 0 Å². The molecule has 112 valence electrons. The van der Waals surface area contributed by atoms with Crippen LogP contribution in [0.3, 0.4) is 0 Å². The van der Waals surface area contributed by atoms with Gasteiger partial charge in [0.2, 0.25) is 10.0 Å². The van der Waals surface area contributed by atoms with Crippen LogP contribution in [0.1, 0.15) is 40.0 Å². The molecule has 0 aromatic heterocycles. The average molecular weight is 304 g/mol. The SMILES string of the molecule is CC(C)(C)S(=O)(=O)NC1CCCC=C1C[Si](C)(C)C. The number of nitrogens with one attached hydrogen (secondary N) is 1. The molecule has 19 heavy (non-hydrogen) atoms. The minimum Gasteiger partial charge on any atom is -0.212 e. The van der Waals surface area contributed by atoms with E-state index in [1.54, 1.807) is 20.8 Å². The predicted molar refractivity (Wildman–Crippen MR) is 85.7 cm³/mol. The van der Waals surface area contributed by atoms with Crippen LogP contribution in [-0.4, -0.2) is 27.3 Å². The van der Waals surface area contributed by atoms with Crippen LogP contribution in [0.2, 0.25) is 25.7 Å². The Morgan fingerprint density at radius 2 is 1.89 bits per heavy atom. The summed E-state index contributed by atoms with van der Waals surface area (Å²) in [6, 6.07) is 1.11. The van der Waals surface area contributed by atoms with Gasteiger partial charge in [0.25, 0.3) is 0 Å². The molecule has 0 spiro atoms. The third-order valence-electron chi connectivity index (χ3n) is 3.39. The molecular weight excluding hydrogens is 274 g/mol. The summed E-state index contributed by atoms with van der Waals surface area (Å²) < 4.78 is 26.8. The lowest BCUT2D eigenvalue weighted by Crippen LogP contribution is -2.46. The Labute approximate surface area is 119 Å². The molecule has 1 aliphatic carbocycles. The molecule has 3 nitrogen and oxygen atoms in total. The maximum Gasteiger partial charge on any atom is 0.217 e. The molecule has 0 fully saturated rings. The summed E-state index contributed by atoms with van der Waals surface area (Å²) in [5.74, 6) is 0. The van der Waals surface area contributed by atoms with E-state index in [1.807, 2.05) is 0 Å². The molecule has 0 saturated carbocycles. The molecule has 0 aromatic rings. The predicted octanol–water partition coefficient (Wildman–Crippen LogP) is 3.52. The van der Waals surface area contributed by atoms with Gasteiger partial charge in [-0.15, -0.1) is 0 Å². The number of hydrogen-bond acceptors (Lipinski definition) is 2. The minimum absolute atomic E-state index is 0.0182. The van der Waals surface area contributed by atoms with Crippen molar-refractivity contribution in [3.63, 3.8) is 0 Å². The lowest BCUT2D eigenvalue weighted by Gasteiger charge is -2.31. The molecule has 0 aliphatic heterocycles. The molecule has 0 saturated heterocycles. The number of rotatable bonds is 4. The quantitative estimate of drug-likeness (QED) is 0.638. The first-order chi connectivity index (χ1) is 8.42. The summed E-state index contributed by atoms with van der Waals surface area (Å²) in [7, 11) is -4.47. The van der Waals surface area contributed by atoms with E-state index in [0.29, 0.717) is 0 Å². The van der Waals surface area contributed by atoms with Gasteiger partial charge in [0, 0.05) is 14.1 Å². The van der Waals surface area contributed by atoms with Gasteiger partial charge in [-0.1, -0.05) is 31.3 Å². The monoisotopic (exact) mass is 303 g/mol. The van der Waals surface area contributed by atoms with Gasteiger partial charge in [0.05, 0.1) is 4.75 Å². The molecule has 1 N–H and O–H groups in total. The van der Waals surface area contributed by atoms with Crippen LogP contribution < -0.4 is 4.72 Å². The fraction of sp³-hybridized carbons (Fsp3) is 0.857. The summed E-state index contributed by atoms with van der Waals surface area (Å²) in [4.78, 5) is 0. The van der Waals surface area contributed by atoms with Crippen LogP contribution in [0.4, 0.5) is 0 Å². The number of hydrogen-bond donors (Lipinski definition) is 1. The highest BCUT2D eigenvalue weighted by Gasteiger charge is 2.33. The van der Waals surface area contributed by atoms with Crippen LogP contribution in [0.5, 0.6) is 0 Å². The highest BCUT2D eigenvalue weighted by molar-refractivity contribution is 7.90. The maximum atomic E-state index is 12.3. The van der Waals surface area contributed by atoms with E-state index in [1.165, 1.54) is 5.57 Å². The van der Waals surface area contributed by atoms with E-state index >= 15 is 0 Å². The van der Waals surface area contributed by atoms with Crippen LogP contribution >= 0.6 is 0 Å². The van der Waals surface area contributed by atoms with Gasteiger partial charge in [-0.05, 0) is 46.1 Å². The third kappa shape index (κ3) is 5.04. The second-order valence-corrected chi connectivity index (χ2v) is 15.7. The highest BCUT2D eigenvalue weighted by atomic mass is 32.2. The smallest absolute Gasteiger partial charge is 0.212 e. The Morgan fingerprint density at radius 1 is 1.32 bits per heavy atom. The van der Waals surface area contributed by atoms with E-state index < -0.39 is 22.8 Å². The van der Waals surface area contributed by atoms with E-state index in [-0.39, 0.29) is 6.04 Å². The molecule has 0 radical (unpaired) electrons. The zero-order chi connectivity index (χ0) is 14.9. The molecule has 0 bridgehead atoms. The first-order valence-corrected chi connectivity index (χ1v) is 12.3. The summed E-state index contributed by atoms with van der Waals surface area (Å²) in [5, 5.41) is 0. The second kappa shape index (κ2) is 5.70. The largest absolute Gasteiger partial charge is 0.217 e. The molecule has 1 atom stereocenters. The fourth-order valence-corrected chi connectivity index (χ4v) is 4.86. The molecule has 0 aromatic carbocycles. The van der Waals surface area contributed by atoms with Crippen molar-refractivity contribution in [2.75, 3.05) is 0 Å². The Bertz CT molecular complexity index is 441. The van der Waals surface area contributed by atoms with E-state index in [9.17, 15) is 8.42 Å². The van der Waals surface area contributed by atoms with Crippen molar-refractivity contribution in [3.05, 3.63) is 11.6 Å². The minimum atomic E-state index is -3.26. The average Bonchev–Trinajstić information content (AvgIpc) is 2.16. The molecular formula is C14H29NO2SSi. The van der Waals surface area contributed by atoms with Crippen molar-refractivity contribution < 1.29 is 8.42 Å². The lowest BCUT2D eigenvalue weighted by atomic mass is 9.96. The summed E-state index contributed by atoms with van der Waals surface area (Å²) in [5.41, 5.74) is 1.32. The van der Waals surface area contributed by atoms with Gasteiger partial charge >= 0.3 is 0 Å². The maximum absolute atomic E-state index is 12.3. The zero-order valence-electron chi connectivity index (χ0n) is 13.2. The van der Waals surface area contributed by atoms with Crippen LogP contribution in [0, 0.1) is 0 Å². The van der Waals surface area contributed by atoms with Gasteiger partial charge < -0.3 is 0 Å². The second-order valence-electron chi connectivity index (χ2n) is 7.73. The van der Waals surface area contributed by atoms with E-state index in [4.69, 9.17) is 0 Å². The van der Waals surface area contributed by atoms with E-state index in [0.717, 1.165) is 25.3 Å². The van der Waals surface area contributed by atoms with Crippen molar-refractivity contribution in [3.8, 4) is 0 Å². The molecule has 1 unspecified atom stereocenters. The van der Waals surface area contributed by atoms with Gasteiger partial charge in [0.15, 0.2) is 0 Å². The number of allylic oxidation sites excluding steroid dienone is 1. The molecule has 1 aliphatic rings. The van der Waals surface area contributed by atoms with Crippen molar-refractivity contribution in [2.45, 2.75) is 76.5 Å². The molecule has 5 heteroatoms. The summed E-state index contributed by atoms with van der Waals surface area (Å²) in [6.45, 7) is 12.2. The molecule has 0 amide bonds. The Morgan fingerprint density at radius 3 is 2.37 bits per heavy atom. The summed E-state index contributed by atoms with van der Waals surface area (Å²) >= 11 is 0. The topological polar surface area (TPSA) is 46.2 Å². The van der Waals surface area contributed by atoms with Crippen molar-refractivity contribution in [2.24, 2.45) is 0 Å². The summed E-state index contributed by atoms with van der Waals surface area (Å²) in [6.07, 6.45) is 5.36. The van der Waals surface area contributed by atoms with Gasteiger partial charge in [0.1, 0.15) is 0 Å². The van der Waals surface area contributed by atoms with Crippen LogP contribution in [-0.2, 0) is 10.0 Å². The van der Waals surface area contributed by atoms with Crippen LogP contribution in [0.25, 0.3) is 0 Å². The van der Waals surface area contributed by atoms with Gasteiger partial charge in [-0.25, -0.2) is 13.1 Å². The Kier molecular flexibility index (Phi) is 5.07. The number of sulfonamides is 1. The first kappa shape index (κ1) is 16.9.